The molecule has 1 aliphatic rings. The lowest BCUT2D eigenvalue weighted by Crippen LogP contribution is -2.51. The molecule has 8 heteroatoms. The summed E-state index contributed by atoms with van der Waals surface area (Å²) in [5.41, 5.74) is 0. The number of rotatable bonds is 4. The van der Waals surface area contributed by atoms with Gasteiger partial charge >= 0.3 is 6.03 Å². The van der Waals surface area contributed by atoms with E-state index in [0.29, 0.717) is 42.2 Å². The molecule has 0 aliphatic carbocycles. The van der Waals surface area contributed by atoms with E-state index in [4.69, 9.17) is 32.7 Å². The number of carbonyl (C=O) groups excluding carboxylic acids is 1. The molecule has 2 heterocycles. The summed E-state index contributed by atoms with van der Waals surface area (Å²) in [7, 11) is 0. The average Bonchev–Trinajstić information content (AvgIpc) is 2.45. The van der Waals surface area contributed by atoms with Crippen LogP contribution < -0.4 is 10.1 Å². The molecule has 2 rings (SSSR count). The summed E-state index contributed by atoms with van der Waals surface area (Å²) in [4.78, 5) is 17.7. The van der Waals surface area contributed by atoms with Crippen LogP contribution in [0.3, 0.4) is 0 Å². The summed E-state index contributed by atoms with van der Waals surface area (Å²) in [5, 5.41) is 3.58. The van der Waals surface area contributed by atoms with Crippen molar-refractivity contribution in [2.24, 2.45) is 0 Å². The Hall–Kier alpha value is -1.24. The van der Waals surface area contributed by atoms with Gasteiger partial charge in [0.15, 0.2) is 0 Å². The topological polar surface area (TPSA) is 63.7 Å². The molecular formula is C13H17Cl2N3O3. The van der Waals surface area contributed by atoms with E-state index >= 15 is 0 Å². The standard InChI is InChI=1S/C13H17Cl2N3O3/c1-9-8-20-5-3-18(9)13(19)16-2-4-21-12-11(15)6-10(14)7-17-12/h6-7,9H,2-5,8H2,1H3,(H,16,19)/t9-/m0/s1. The van der Waals surface area contributed by atoms with Crippen LogP contribution in [-0.4, -0.2) is 54.9 Å². The summed E-state index contributed by atoms with van der Waals surface area (Å²) < 4.78 is 10.7. The molecule has 0 unspecified atom stereocenters. The largest absolute Gasteiger partial charge is 0.475 e. The quantitative estimate of drug-likeness (QED) is 0.858. The lowest BCUT2D eigenvalue weighted by molar-refractivity contribution is 0.0189. The van der Waals surface area contributed by atoms with Crippen molar-refractivity contribution in [3.8, 4) is 5.88 Å². The van der Waals surface area contributed by atoms with Crippen molar-refractivity contribution in [3.05, 3.63) is 22.3 Å². The molecule has 0 radical (unpaired) electrons. The van der Waals surface area contributed by atoms with E-state index in [0.717, 1.165) is 0 Å². The first-order chi connectivity index (χ1) is 10.1. The van der Waals surface area contributed by atoms with E-state index in [1.807, 2.05) is 6.92 Å². The van der Waals surface area contributed by atoms with Crippen LogP contribution in [0.25, 0.3) is 0 Å². The molecule has 1 aliphatic heterocycles. The minimum Gasteiger partial charge on any atom is -0.475 e. The van der Waals surface area contributed by atoms with Crippen molar-refractivity contribution >= 4 is 29.2 Å². The monoisotopic (exact) mass is 333 g/mol. The van der Waals surface area contributed by atoms with Crippen LogP contribution in [0.1, 0.15) is 6.92 Å². The van der Waals surface area contributed by atoms with Gasteiger partial charge in [-0.15, -0.1) is 0 Å². The minimum atomic E-state index is -0.121. The predicted molar refractivity (Wildman–Crippen MR) is 80.1 cm³/mol. The molecule has 0 bridgehead atoms. The maximum atomic E-state index is 12.0. The van der Waals surface area contributed by atoms with Crippen molar-refractivity contribution in [1.82, 2.24) is 15.2 Å². The number of urea groups is 1. The normalized spacial score (nSPS) is 18.4. The number of amides is 2. The molecule has 1 fully saturated rings. The summed E-state index contributed by atoms with van der Waals surface area (Å²) in [6.45, 7) is 4.32. The summed E-state index contributed by atoms with van der Waals surface area (Å²) >= 11 is 11.7. The lowest BCUT2D eigenvalue weighted by Gasteiger charge is -2.33. The van der Waals surface area contributed by atoms with Gasteiger partial charge < -0.3 is 19.7 Å². The number of nitrogens with zero attached hydrogens (tertiary/aromatic N) is 2. The van der Waals surface area contributed by atoms with Crippen LogP contribution >= 0.6 is 23.2 Å². The van der Waals surface area contributed by atoms with Crippen LogP contribution in [0, 0.1) is 0 Å². The van der Waals surface area contributed by atoms with Gasteiger partial charge in [-0.3, -0.25) is 0 Å². The van der Waals surface area contributed by atoms with Crippen molar-refractivity contribution in [2.45, 2.75) is 13.0 Å². The lowest BCUT2D eigenvalue weighted by atomic mass is 10.3. The van der Waals surface area contributed by atoms with Gasteiger partial charge in [0.2, 0.25) is 5.88 Å². The number of halogens is 2. The Kier molecular flexibility index (Phi) is 5.90. The van der Waals surface area contributed by atoms with Gasteiger partial charge in [0.1, 0.15) is 11.6 Å². The number of nitrogens with one attached hydrogen (secondary N) is 1. The Morgan fingerprint density at radius 1 is 1.62 bits per heavy atom. The highest BCUT2D eigenvalue weighted by Gasteiger charge is 2.23. The van der Waals surface area contributed by atoms with E-state index in [-0.39, 0.29) is 18.7 Å². The molecule has 1 atom stereocenters. The van der Waals surface area contributed by atoms with Crippen LogP contribution in [0.4, 0.5) is 4.79 Å². The highest BCUT2D eigenvalue weighted by Crippen LogP contribution is 2.24. The van der Waals surface area contributed by atoms with Gasteiger partial charge in [-0.2, -0.15) is 0 Å². The fraction of sp³-hybridized carbons (Fsp3) is 0.538. The Bertz CT molecular complexity index is 502. The van der Waals surface area contributed by atoms with Gasteiger partial charge in [0.05, 0.1) is 30.8 Å². The first-order valence-corrected chi connectivity index (χ1v) is 7.39. The van der Waals surface area contributed by atoms with Crippen molar-refractivity contribution in [3.63, 3.8) is 0 Å². The zero-order valence-electron chi connectivity index (χ0n) is 11.6. The van der Waals surface area contributed by atoms with Crippen LogP contribution in [0.15, 0.2) is 12.3 Å². The second-order valence-corrected chi connectivity index (χ2v) is 5.48. The number of carbonyl (C=O) groups is 1. The average molecular weight is 334 g/mol. The third-order valence-electron chi connectivity index (χ3n) is 3.02. The molecule has 0 spiro atoms. The first-order valence-electron chi connectivity index (χ1n) is 6.64. The van der Waals surface area contributed by atoms with Crippen LogP contribution in [0.2, 0.25) is 10.0 Å². The fourth-order valence-corrected chi connectivity index (χ4v) is 2.38. The zero-order chi connectivity index (χ0) is 15.2. The van der Waals surface area contributed by atoms with Crippen molar-refractivity contribution in [1.29, 1.82) is 0 Å². The summed E-state index contributed by atoms with van der Waals surface area (Å²) in [5.74, 6) is 0.301. The van der Waals surface area contributed by atoms with Crippen LogP contribution in [0.5, 0.6) is 5.88 Å². The molecule has 2 amide bonds. The Morgan fingerprint density at radius 2 is 2.43 bits per heavy atom. The third-order valence-corrected chi connectivity index (χ3v) is 3.50. The maximum Gasteiger partial charge on any atom is 0.317 e. The van der Waals surface area contributed by atoms with Crippen molar-refractivity contribution in [2.75, 3.05) is 32.9 Å². The summed E-state index contributed by atoms with van der Waals surface area (Å²) in [6, 6.07) is 1.51. The van der Waals surface area contributed by atoms with Crippen LogP contribution in [-0.2, 0) is 4.74 Å². The summed E-state index contributed by atoms with van der Waals surface area (Å²) in [6.07, 6.45) is 1.46. The van der Waals surface area contributed by atoms with E-state index < -0.39 is 0 Å². The number of hydrogen-bond acceptors (Lipinski definition) is 4. The molecule has 1 aromatic rings. The second kappa shape index (κ2) is 7.68. The maximum absolute atomic E-state index is 12.0. The van der Waals surface area contributed by atoms with Gasteiger partial charge in [-0.1, -0.05) is 23.2 Å². The van der Waals surface area contributed by atoms with E-state index in [2.05, 4.69) is 10.3 Å². The van der Waals surface area contributed by atoms with Crippen molar-refractivity contribution < 1.29 is 14.3 Å². The predicted octanol–water partition coefficient (Wildman–Crippen LogP) is 2.20. The molecule has 1 N–H and O–H groups in total. The number of morpholine rings is 1. The minimum absolute atomic E-state index is 0.0760. The highest BCUT2D eigenvalue weighted by molar-refractivity contribution is 6.35. The molecule has 21 heavy (non-hydrogen) atoms. The highest BCUT2D eigenvalue weighted by atomic mass is 35.5. The van der Waals surface area contributed by atoms with E-state index in [1.165, 1.54) is 6.20 Å². The molecule has 6 nitrogen and oxygen atoms in total. The van der Waals surface area contributed by atoms with E-state index in [9.17, 15) is 4.79 Å². The molecule has 0 aromatic carbocycles. The first kappa shape index (κ1) is 16.1. The number of hydrogen-bond donors (Lipinski definition) is 1. The Balaban J connectivity index is 1.73. The number of pyridine rings is 1. The molecule has 0 saturated carbocycles. The Morgan fingerprint density at radius 3 is 3.14 bits per heavy atom. The third kappa shape index (κ3) is 4.62. The second-order valence-electron chi connectivity index (χ2n) is 4.64. The smallest absolute Gasteiger partial charge is 0.317 e. The van der Waals surface area contributed by atoms with E-state index in [1.54, 1.807) is 11.0 Å². The van der Waals surface area contributed by atoms with Gasteiger partial charge in [-0.25, -0.2) is 9.78 Å². The Labute approximate surface area is 133 Å². The molecule has 116 valence electrons. The van der Waals surface area contributed by atoms with Gasteiger partial charge in [0, 0.05) is 12.7 Å². The number of ether oxygens (including phenoxy) is 2. The SMILES string of the molecule is C[C@H]1COCCN1C(=O)NCCOc1ncc(Cl)cc1Cl. The van der Waals surface area contributed by atoms with Gasteiger partial charge in [0.25, 0.3) is 0 Å². The zero-order valence-corrected chi connectivity index (χ0v) is 13.2. The molecular weight excluding hydrogens is 317 g/mol. The number of aromatic nitrogens is 1. The van der Waals surface area contributed by atoms with Gasteiger partial charge in [-0.05, 0) is 13.0 Å². The fourth-order valence-electron chi connectivity index (χ4n) is 1.94. The molecule has 1 aromatic heterocycles. The molecule has 1 saturated heterocycles.